The number of aromatic nitrogens is 2. The molecule has 7 heteroatoms. The van der Waals surface area contributed by atoms with Crippen LogP contribution in [0, 0.1) is 0 Å². The topological polar surface area (TPSA) is 78.5 Å². The van der Waals surface area contributed by atoms with Crippen LogP contribution in [0.25, 0.3) is 0 Å². The van der Waals surface area contributed by atoms with Crippen molar-refractivity contribution in [1.82, 2.24) is 9.78 Å². The number of ether oxygens (including phenoxy) is 2. The Hall–Kier alpha value is -3.22. The Morgan fingerprint density at radius 1 is 1.12 bits per heavy atom. The number of nitrogens with one attached hydrogen (secondary N) is 1. The van der Waals surface area contributed by atoms with Gasteiger partial charge in [0.25, 0.3) is 5.91 Å². The summed E-state index contributed by atoms with van der Waals surface area (Å²) in [4.78, 5) is 12.1. The molecule has 1 amide bonds. The molecule has 3 aromatic rings. The molecule has 0 saturated carbocycles. The molecule has 25 heavy (non-hydrogen) atoms. The number of carbonyl (C=O) groups excluding carboxylic acids is 1. The van der Waals surface area contributed by atoms with Gasteiger partial charge < -0.3 is 19.2 Å². The lowest BCUT2D eigenvalue weighted by Gasteiger charge is -2.06. The molecule has 0 saturated heterocycles. The van der Waals surface area contributed by atoms with Gasteiger partial charge >= 0.3 is 0 Å². The first-order chi connectivity index (χ1) is 12.1. The molecule has 0 fully saturated rings. The van der Waals surface area contributed by atoms with Gasteiger partial charge in [0.2, 0.25) is 0 Å². The fourth-order valence-corrected chi connectivity index (χ4v) is 2.19. The number of carbonyl (C=O) groups is 1. The van der Waals surface area contributed by atoms with Crippen LogP contribution in [0.4, 0.5) is 5.82 Å². The molecule has 3 rings (SSSR count). The van der Waals surface area contributed by atoms with Crippen LogP contribution in [0.5, 0.6) is 11.5 Å². The fourth-order valence-electron chi connectivity index (χ4n) is 2.19. The molecule has 0 unspecified atom stereocenters. The molecule has 130 valence electrons. The minimum absolute atomic E-state index is 0.205. The van der Waals surface area contributed by atoms with Gasteiger partial charge in [-0.2, -0.15) is 5.10 Å². The van der Waals surface area contributed by atoms with Gasteiger partial charge in [0, 0.05) is 19.3 Å². The summed E-state index contributed by atoms with van der Waals surface area (Å²) >= 11 is 0. The first kappa shape index (κ1) is 16.6. The van der Waals surface area contributed by atoms with E-state index in [0.717, 1.165) is 5.75 Å². The van der Waals surface area contributed by atoms with Crippen molar-refractivity contribution in [2.24, 2.45) is 7.05 Å². The summed E-state index contributed by atoms with van der Waals surface area (Å²) in [5.74, 6) is 2.36. The maximum Gasteiger partial charge on any atom is 0.292 e. The molecule has 2 aromatic heterocycles. The van der Waals surface area contributed by atoms with Crippen molar-refractivity contribution >= 4 is 11.7 Å². The van der Waals surface area contributed by atoms with Crippen LogP contribution in [0.2, 0.25) is 0 Å². The van der Waals surface area contributed by atoms with Crippen LogP contribution in [-0.4, -0.2) is 22.3 Å². The van der Waals surface area contributed by atoms with Crippen LogP contribution < -0.4 is 14.8 Å². The van der Waals surface area contributed by atoms with Gasteiger partial charge in [-0.1, -0.05) is 0 Å². The van der Waals surface area contributed by atoms with Crippen molar-refractivity contribution in [2.75, 3.05) is 11.9 Å². The monoisotopic (exact) mass is 341 g/mol. The average Bonchev–Trinajstić information content (AvgIpc) is 3.24. The largest absolute Gasteiger partial charge is 0.494 e. The van der Waals surface area contributed by atoms with Gasteiger partial charge in [-0.05, 0) is 43.3 Å². The third kappa shape index (κ3) is 4.41. The fraction of sp³-hybridized carbons (Fsp3) is 0.222. The Kier molecular flexibility index (Phi) is 5.03. The molecule has 0 aliphatic carbocycles. The van der Waals surface area contributed by atoms with Crippen molar-refractivity contribution in [2.45, 2.75) is 13.5 Å². The highest BCUT2D eigenvalue weighted by molar-refractivity contribution is 6.01. The number of hydrogen-bond acceptors (Lipinski definition) is 5. The molecule has 0 spiro atoms. The van der Waals surface area contributed by atoms with Crippen LogP contribution in [0.3, 0.4) is 0 Å². The second kappa shape index (κ2) is 7.57. The predicted octanol–water partition coefficient (Wildman–Crippen LogP) is 3.24. The van der Waals surface area contributed by atoms with E-state index in [1.807, 2.05) is 31.2 Å². The summed E-state index contributed by atoms with van der Waals surface area (Å²) in [5.41, 5.74) is 0. The Labute approximate surface area is 145 Å². The summed E-state index contributed by atoms with van der Waals surface area (Å²) < 4.78 is 18.1. The Balaban J connectivity index is 1.55. The molecule has 0 aliphatic heterocycles. The smallest absolute Gasteiger partial charge is 0.292 e. The Bertz CT molecular complexity index is 836. The predicted molar refractivity (Wildman–Crippen MR) is 91.8 cm³/mol. The van der Waals surface area contributed by atoms with Gasteiger partial charge in [-0.3, -0.25) is 9.48 Å². The summed E-state index contributed by atoms with van der Waals surface area (Å²) in [6.45, 7) is 2.78. The normalized spacial score (nSPS) is 10.5. The third-order valence-electron chi connectivity index (χ3n) is 3.36. The highest BCUT2D eigenvalue weighted by Crippen LogP contribution is 2.19. The van der Waals surface area contributed by atoms with Gasteiger partial charge in [-0.15, -0.1) is 0 Å². The second-order valence-corrected chi connectivity index (χ2v) is 5.29. The minimum atomic E-state index is -0.356. The number of benzene rings is 1. The van der Waals surface area contributed by atoms with Gasteiger partial charge in [0.05, 0.1) is 6.61 Å². The highest BCUT2D eigenvalue weighted by Gasteiger charge is 2.13. The molecule has 2 heterocycles. The molecular weight excluding hydrogens is 322 g/mol. The van der Waals surface area contributed by atoms with Gasteiger partial charge in [0.1, 0.15) is 23.9 Å². The summed E-state index contributed by atoms with van der Waals surface area (Å²) in [7, 11) is 1.78. The Morgan fingerprint density at radius 3 is 2.48 bits per heavy atom. The zero-order valence-corrected chi connectivity index (χ0v) is 14.1. The molecule has 0 aliphatic rings. The number of amides is 1. The van der Waals surface area contributed by atoms with Crippen LogP contribution in [0.15, 0.2) is 53.1 Å². The number of anilines is 1. The van der Waals surface area contributed by atoms with E-state index >= 15 is 0 Å². The summed E-state index contributed by atoms with van der Waals surface area (Å²) in [5, 5.41) is 6.75. The van der Waals surface area contributed by atoms with Crippen molar-refractivity contribution in [3.63, 3.8) is 0 Å². The SMILES string of the molecule is CCOc1ccc(OCc2ccc(C(=O)Nc3ccn(C)n3)o2)cc1. The van der Waals surface area contributed by atoms with E-state index in [2.05, 4.69) is 10.4 Å². The quantitative estimate of drug-likeness (QED) is 0.714. The first-order valence-electron chi connectivity index (χ1n) is 7.89. The van der Waals surface area contributed by atoms with E-state index in [1.165, 1.54) is 0 Å². The number of hydrogen-bond donors (Lipinski definition) is 1. The molecule has 7 nitrogen and oxygen atoms in total. The van der Waals surface area contributed by atoms with Crippen molar-refractivity contribution in [3.8, 4) is 11.5 Å². The highest BCUT2D eigenvalue weighted by atomic mass is 16.5. The third-order valence-corrected chi connectivity index (χ3v) is 3.36. The molecule has 0 atom stereocenters. The zero-order valence-electron chi connectivity index (χ0n) is 14.1. The van der Waals surface area contributed by atoms with Crippen LogP contribution in [0.1, 0.15) is 23.2 Å². The second-order valence-electron chi connectivity index (χ2n) is 5.29. The molecule has 1 aromatic carbocycles. The van der Waals surface area contributed by atoms with E-state index in [-0.39, 0.29) is 18.3 Å². The lowest BCUT2D eigenvalue weighted by molar-refractivity contribution is 0.0992. The van der Waals surface area contributed by atoms with E-state index in [0.29, 0.717) is 23.9 Å². The number of aryl methyl sites for hydroxylation is 1. The number of furan rings is 1. The maximum atomic E-state index is 12.1. The van der Waals surface area contributed by atoms with Crippen molar-refractivity contribution in [3.05, 3.63) is 60.2 Å². The van der Waals surface area contributed by atoms with Gasteiger partial charge in [-0.25, -0.2) is 0 Å². The van der Waals surface area contributed by atoms with E-state index in [9.17, 15) is 4.79 Å². The van der Waals surface area contributed by atoms with Crippen LogP contribution >= 0.6 is 0 Å². The van der Waals surface area contributed by atoms with E-state index in [1.54, 1.807) is 36.1 Å². The molecule has 0 radical (unpaired) electrons. The summed E-state index contributed by atoms with van der Waals surface area (Å²) in [6, 6.07) is 12.3. The van der Waals surface area contributed by atoms with E-state index in [4.69, 9.17) is 13.9 Å². The van der Waals surface area contributed by atoms with E-state index < -0.39 is 0 Å². The lowest BCUT2D eigenvalue weighted by Crippen LogP contribution is -2.11. The number of rotatable bonds is 7. The van der Waals surface area contributed by atoms with Crippen molar-refractivity contribution < 1.29 is 18.7 Å². The molecular formula is C18H19N3O4. The molecule has 1 N–H and O–H groups in total. The van der Waals surface area contributed by atoms with Gasteiger partial charge in [0.15, 0.2) is 11.6 Å². The average molecular weight is 341 g/mol. The Morgan fingerprint density at radius 2 is 1.84 bits per heavy atom. The maximum absolute atomic E-state index is 12.1. The van der Waals surface area contributed by atoms with Crippen LogP contribution in [-0.2, 0) is 13.7 Å². The number of nitrogens with zero attached hydrogens (tertiary/aromatic N) is 2. The zero-order chi connectivity index (χ0) is 17.6. The lowest BCUT2D eigenvalue weighted by atomic mass is 10.3. The standard InChI is InChI=1S/C18H19N3O4/c1-3-23-13-4-6-14(7-5-13)24-12-15-8-9-16(25-15)18(22)19-17-10-11-21(2)20-17/h4-11H,3,12H2,1-2H3,(H,19,20,22). The molecule has 0 bridgehead atoms. The first-order valence-corrected chi connectivity index (χ1v) is 7.89. The minimum Gasteiger partial charge on any atom is -0.494 e. The summed E-state index contributed by atoms with van der Waals surface area (Å²) in [6.07, 6.45) is 1.74. The van der Waals surface area contributed by atoms with Crippen molar-refractivity contribution in [1.29, 1.82) is 0 Å².